The van der Waals surface area contributed by atoms with Gasteiger partial charge in [0.05, 0.1) is 0 Å². The number of nitrogens with one attached hydrogen (secondary N) is 1. The van der Waals surface area contributed by atoms with Crippen molar-refractivity contribution in [1.29, 1.82) is 0 Å². The van der Waals surface area contributed by atoms with E-state index in [9.17, 15) is 0 Å². The molecule has 0 radical (unpaired) electrons. The normalized spacial score (nSPS) is 28.7. The molecular formula is C16H33N3. The molecule has 0 aromatic heterocycles. The van der Waals surface area contributed by atoms with Gasteiger partial charge in [-0.15, -0.1) is 0 Å². The van der Waals surface area contributed by atoms with Crippen LogP contribution >= 0.6 is 0 Å². The Labute approximate surface area is 119 Å². The number of rotatable bonds is 3. The van der Waals surface area contributed by atoms with Crippen molar-refractivity contribution in [3.05, 3.63) is 0 Å². The monoisotopic (exact) mass is 267 g/mol. The smallest absolute Gasteiger partial charge is 0.0244 e. The van der Waals surface area contributed by atoms with Crippen molar-refractivity contribution in [1.82, 2.24) is 15.1 Å². The first-order valence-electron chi connectivity index (χ1n) is 8.20. The van der Waals surface area contributed by atoms with Crippen molar-refractivity contribution >= 4 is 0 Å². The molecule has 0 bridgehead atoms. The summed E-state index contributed by atoms with van der Waals surface area (Å²) in [5, 5.41) is 3.71. The van der Waals surface area contributed by atoms with Crippen LogP contribution in [0.4, 0.5) is 0 Å². The van der Waals surface area contributed by atoms with E-state index in [4.69, 9.17) is 0 Å². The highest BCUT2D eigenvalue weighted by Gasteiger charge is 2.33. The molecule has 2 fully saturated rings. The minimum Gasteiger partial charge on any atom is -0.311 e. The summed E-state index contributed by atoms with van der Waals surface area (Å²) >= 11 is 0. The van der Waals surface area contributed by atoms with Gasteiger partial charge in [0, 0.05) is 31.7 Å². The minimum atomic E-state index is 0.377. The average Bonchev–Trinajstić information content (AvgIpc) is 2.39. The first-order valence-corrected chi connectivity index (χ1v) is 8.20. The lowest BCUT2D eigenvalue weighted by molar-refractivity contribution is 0.0603. The molecule has 2 rings (SSSR count). The van der Waals surface area contributed by atoms with Crippen molar-refractivity contribution < 1.29 is 0 Å². The van der Waals surface area contributed by atoms with Crippen LogP contribution in [0.15, 0.2) is 0 Å². The van der Waals surface area contributed by atoms with Gasteiger partial charge in [0.1, 0.15) is 0 Å². The number of piperidine rings is 1. The van der Waals surface area contributed by atoms with Crippen LogP contribution in [-0.4, -0.2) is 61.2 Å². The molecule has 0 aromatic carbocycles. The van der Waals surface area contributed by atoms with Crippen LogP contribution < -0.4 is 5.32 Å². The Morgan fingerprint density at radius 3 is 2.37 bits per heavy atom. The van der Waals surface area contributed by atoms with Gasteiger partial charge < -0.3 is 10.2 Å². The van der Waals surface area contributed by atoms with E-state index in [1.807, 2.05) is 0 Å². The Balaban J connectivity index is 1.82. The summed E-state index contributed by atoms with van der Waals surface area (Å²) in [7, 11) is 0. The van der Waals surface area contributed by atoms with E-state index in [2.05, 4.69) is 42.8 Å². The maximum atomic E-state index is 3.71. The molecule has 3 heteroatoms. The number of likely N-dealkylation sites (tertiary alicyclic amines) is 1. The first kappa shape index (κ1) is 15.3. The van der Waals surface area contributed by atoms with Gasteiger partial charge in [-0.2, -0.15) is 0 Å². The summed E-state index contributed by atoms with van der Waals surface area (Å²) in [4.78, 5) is 5.40. The zero-order valence-electron chi connectivity index (χ0n) is 13.4. The highest BCUT2D eigenvalue weighted by Crippen LogP contribution is 2.25. The quantitative estimate of drug-likeness (QED) is 0.845. The Morgan fingerprint density at radius 2 is 1.79 bits per heavy atom. The van der Waals surface area contributed by atoms with Crippen molar-refractivity contribution in [2.24, 2.45) is 5.41 Å². The second kappa shape index (κ2) is 6.55. The zero-order valence-corrected chi connectivity index (χ0v) is 13.4. The van der Waals surface area contributed by atoms with E-state index in [0.29, 0.717) is 11.5 Å². The molecule has 112 valence electrons. The molecular weight excluding hydrogens is 234 g/mol. The van der Waals surface area contributed by atoms with Crippen LogP contribution in [0.3, 0.4) is 0 Å². The summed E-state index contributed by atoms with van der Waals surface area (Å²) in [6.45, 7) is 16.9. The molecule has 3 nitrogen and oxygen atoms in total. The molecule has 2 saturated heterocycles. The predicted octanol–water partition coefficient (Wildman–Crippen LogP) is 2.18. The molecule has 0 spiro atoms. The van der Waals surface area contributed by atoms with E-state index < -0.39 is 0 Å². The van der Waals surface area contributed by atoms with E-state index in [1.165, 1.54) is 52.0 Å². The third-order valence-electron chi connectivity index (χ3n) is 4.87. The van der Waals surface area contributed by atoms with Gasteiger partial charge in [0.2, 0.25) is 0 Å². The Bertz CT molecular complexity index is 264. The lowest BCUT2D eigenvalue weighted by Gasteiger charge is -2.45. The van der Waals surface area contributed by atoms with Crippen LogP contribution in [0.25, 0.3) is 0 Å². The topological polar surface area (TPSA) is 18.5 Å². The van der Waals surface area contributed by atoms with Gasteiger partial charge in [-0.05, 0) is 44.3 Å². The molecule has 0 amide bonds. The lowest BCUT2D eigenvalue weighted by atomic mass is 9.85. The van der Waals surface area contributed by atoms with E-state index in [0.717, 1.165) is 12.6 Å². The Morgan fingerprint density at radius 1 is 1.11 bits per heavy atom. The van der Waals surface area contributed by atoms with E-state index in [1.54, 1.807) is 0 Å². The van der Waals surface area contributed by atoms with Gasteiger partial charge in [0.15, 0.2) is 0 Å². The molecule has 2 aliphatic rings. The van der Waals surface area contributed by atoms with Crippen LogP contribution in [0.2, 0.25) is 0 Å². The number of piperazine rings is 1. The third-order valence-corrected chi connectivity index (χ3v) is 4.87. The summed E-state index contributed by atoms with van der Waals surface area (Å²) in [5.41, 5.74) is 0.377. The van der Waals surface area contributed by atoms with E-state index in [-0.39, 0.29) is 0 Å². The second-order valence-electron chi connectivity index (χ2n) is 7.44. The molecule has 19 heavy (non-hydrogen) atoms. The number of hydrogen-bond donors (Lipinski definition) is 1. The van der Waals surface area contributed by atoms with E-state index >= 15 is 0 Å². The molecule has 0 saturated carbocycles. The van der Waals surface area contributed by atoms with Crippen LogP contribution in [0.5, 0.6) is 0 Å². The zero-order chi connectivity index (χ0) is 13.9. The molecule has 1 atom stereocenters. The summed E-state index contributed by atoms with van der Waals surface area (Å²) in [6.07, 6.45) is 4.04. The average molecular weight is 267 g/mol. The molecule has 2 aliphatic heterocycles. The SMILES string of the molecule is CCCN1CCC(N2CCNC(C(C)(C)C)C2)CC1. The van der Waals surface area contributed by atoms with Crippen LogP contribution in [0.1, 0.15) is 47.0 Å². The Kier molecular flexibility index (Phi) is 5.27. The molecule has 2 heterocycles. The Hall–Kier alpha value is -0.120. The molecule has 1 N–H and O–H groups in total. The number of nitrogens with zero attached hydrogens (tertiary/aromatic N) is 2. The largest absolute Gasteiger partial charge is 0.311 e. The van der Waals surface area contributed by atoms with Gasteiger partial charge in [0.25, 0.3) is 0 Å². The standard InChI is InChI=1S/C16H33N3/c1-5-9-18-10-6-14(7-11-18)19-12-8-17-15(13-19)16(2,3)4/h14-15,17H,5-13H2,1-4H3. The maximum absolute atomic E-state index is 3.71. The summed E-state index contributed by atoms with van der Waals surface area (Å²) in [6, 6.07) is 1.48. The molecule has 0 aromatic rings. The van der Waals surface area contributed by atoms with Gasteiger partial charge in [-0.25, -0.2) is 0 Å². The molecule has 0 aliphatic carbocycles. The van der Waals surface area contributed by atoms with Crippen molar-refractivity contribution in [2.45, 2.75) is 59.0 Å². The summed E-state index contributed by atoms with van der Waals surface area (Å²) < 4.78 is 0. The lowest BCUT2D eigenvalue weighted by Crippen LogP contribution is -2.59. The minimum absolute atomic E-state index is 0.377. The van der Waals surface area contributed by atoms with Gasteiger partial charge in [-0.3, -0.25) is 4.90 Å². The van der Waals surface area contributed by atoms with Crippen molar-refractivity contribution in [2.75, 3.05) is 39.3 Å². The fourth-order valence-electron chi connectivity index (χ4n) is 3.51. The maximum Gasteiger partial charge on any atom is 0.0244 e. The highest BCUT2D eigenvalue weighted by atomic mass is 15.2. The summed E-state index contributed by atoms with van der Waals surface area (Å²) in [5.74, 6) is 0. The van der Waals surface area contributed by atoms with Crippen molar-refractivity contribution in [3.63, 3.8) is 0 Å². The van der Waals surface area contributed by atoms with Crippen LogP contribution in [0, 0.1) is 5.41 Å². The van der Waals surface area contributed by atoms with Gasteiger partial charge >= 0.3 is 0 Å². The fraction of sp³-hybridized carbons (Fsp3) is 1.00. The first-order chi connectivity index (χ1) is 9.00. The third kappa shape index (κ3) is 4.17. The number of hydrogen-bond acceptors (Lipinski definition) is 3. The predicted molar refractivity (Wildman–Crippen MR) is 82.6 cm³/mol. The fourth-order valence-corrected chi connectivity index (χ4v) is 3.51. The van der Waals surface area contributed by atoms with Crippen LogP contribution in [-0.2, 0) is 0 Å². The van der Waals surface area contributed by atoms with Gasteiger partial charge in [-0.1, -0.05) is 27.7 Å². The highest BCUT2D eigenvalue weighted by molar-refractivity contribution is 4.91. The molecule has 1 unspecified atom stereocenters. The van der Waals surface area contributed by atoms with Crippen molar-refractivity contribution in [3.8, 4) is 0 Å². The second-order valence-corrected chi connectivity index (χ2v) is 7.44.